The molecule has 6 heteroatoms. The molecular formula is C24H27N5O. The van der Waals surface area contributed by atoms with Crippen molar-refractivity contribution >= 4 is 17.5 Å². The number of rotatable bonds is 4. The van der Waals surface area contributed by atoms with Crippen LogP contribution in [-0.4, -0.2) is 47.3 Å². The van der Waals surface area contributed by atoms with Crippen molar-refractivity contribution in [2.75, 3.05) is 36.4 Å². The monoisotopic (exact) mass is 401 g/mol. The Morgan fingerprint density at radius 3 is 2.33 bits per heavy atom. The number of aryl methyl sites for hydroxylation is 2. The summed E-state index contributed by atoms with van der Waals surface area (Å²) < 4.78 is 0. The highest BCUT2D eigenvalue weighted by Gasteiger charge is 2.22. The van der Waals surface area contributed by atoms with Crippen molar-refractivity contribution < 1.29 is 4.79 Å². The van der Waals surface area contributed by atoms with E-state index >= 15 is 0 Å². The summed E-state index contributed by atoms with van der Waals surface area (Å²) in [6, 6.07) is 20.2. The van der Waals surface area contributed by atoms with Gasteiger partial charge >= 0.3 is 6.03 Å². The summed E-state index contributed by atoms with van der Waals surface area (Å²) >= 11 is 0. The predicted molar refractivity (Wildman–Crippen MR) is 121 cm³/mol. The molecule has 1 aliphatic rings. The lowest BCUT2D eigenvalue weighted by atomic mass is 10.1. The molecule has 0 bridgehead atoms. The van der Waals surface area contributed by atoms with Gasteiger partial charge in [0.1, 0.15) is 0 Å². The van der Waals surface area contributed by atoms with E-state index < -0.39 is 0 Å². The van der Waals surface area contributed by atoms with Gasteiger partial charge in [0.15, 0.2) is 5.82 Å². The fraction of sp³-hybridized carbons (Fsp3) is 0.292. The molecule has 0 unspecified atom stereocenters. The Hall–Kier alpha value is -3.41. The van der Waals surface area contributed by atoms with Crippen molar-refractivity contribution in [1.82, 2.24) is 15.1 Å². The van der Waals surface area contributed by atoms with Crippen LogP contribution >= 0.6 is 0 Å². The molecule has 1 fully saturated rings. The van der Waals surface area contributed by atoms with Gasteiger partial charge in [0.25, 0.3) is 0 Å². The second kappa shape index (κ2) is 8.95. The third kappa shape index (κ3) is 4.43. The van der Waals surface area contributed by atoms with Crippen LogP contribution in [0.25, 0.3) is 11.3 Å². The summed E-state index contributed by atoms with van der Waals surface area (Å²) in [5.41, 5.74) is 5.20. The lowest BCUT2D eigenvalue weighted by Gasteiger charge is -2.35. The molecule has 0 radical (unpaired) electrons. The van der Waals surface area contributed by atoms with Crippen molar-refractivity contribution in [3.63, 3.8) is 0 Å². The number of nitrogens with one attached hydrogen (secondary N) is 1. The Labute approximate surface area is 177 Å². The molecule has 2 heterocycles. The minimum Gasteiger partial charge on any atom is -0.352 e. The average Bonchev–Trinajstić information content (AvgIpc) is 2.80. The van der Waals surface area contributed by atoms with Crippen LogP contribution in [0.5, 0.6) is 0 Å². The highest BCUT2D eigenvalue weighted by molar-refractivity contribution is 5.90. The summed E-state index contributed by atoms with van der Waals surface area (Å²) in [6.07, 6.45) is 0.890. The maximum absolute atomic E-state index is 12.7. The van der Waals surface area contributed by atoms with Gasteiger partial charge in [-0.2, -0.15) is 0 Å². The molecule has 0 aliphatic carbocycles. The van der Waals surface area contributed by atoms with Crippen LogP contribution in [0.3, 0.4) is 0 Å². The molecule has 30 heavy (non-hydrogen) atoms. The first-order valence-electron chi connectivity index (χ1n) is 10.4. The zero-order chi connectivity index (χ0) is 20.9. The minimum atomic E-state index is -0.0450. The Kier molecular flexibility index (Phi) is 5.93. The number of carbonyl (C=O) groups is 1. The number of para-hydroxylation sites is 1. The van der Waals surface area contributed by atoms with E-state index in [1.165, 1.54) is 5.56 Å². The summed E-state index contributed by atoms with van der Waals surface area (Å²) in [7, 11) is 0. The molecular weight excluding hydrogens is 374 g/mol. The highest BCUT2D eigenvalue weighted by atomic mass is 16.2. The van der Waals surface area contributed by atoms with Crippen LogP contribution in [-0.2, 0) is 6.42 Å². The van der Waals surface area contributed by atoms with Crippen molar-refractivity contribution in [2.45, 2.75) is 20.3 Å². The number of nitrogens with zero attached hydrogens (tertiary/aromatic N) is 4. The number of anilines is 2. The van der Waals surface area contributed by atoms with Crippen LogP contribution in [0.4, 0.5) is 16.3 Å². The number of benzene rings is 2. The number of aromatic nitrogens is 2. The van der Waals surface area contributed by atoms with Gasteiger partial charge in [0, 0.05) is 37.4 Å². The fourth-order valence-electron chi connectivity index (χ4n) is 3.66. The molecule has 1 aromatic heterocycles. The van der Waals surface area contributed by atoms with Gasteiger partial charge < -0.3 is 15.1 Å². The smallest absolute Gasteiger partial charge is 0.321 e. The summed E-state index contributed by atoms with van der Waals surface area (Å²) in [5, 5.41) is 11.9. The number of piperazine rings is 1. The van der Waals surface area contributed by atoms with E-state index in [2.05, 4.69) is 58.5 Å². The van der Waals surface area contributed by atoms with E-state index in [9.17, 15) is 4.79 Å². The Morgan fingerprint density at radius 2 is 1.67 bits per heavy atom. The maximum atomic E-state index is 12.7. The van der Waals surface area contributed by atoms with Crippen molar-refractivity contribution in [3.8, 4) is 11.3 Å². The highest BCUT2D eigenvalue weighted by Crippen LogP contribution is 2.21. The molecule has 0 atom stereocenters. The quantitative estimate of drug-likeness (QED) is 0.705. The van der Waals surface area contributed by atoms with E-state index in [-0.39, 0.29) is 6.03 Å². The number of hydrogen-bond donors (Lipinski definition) is 1. The largest absolute Gasteiger partial charge is 0.352 e. The molecule has 4 rings (SSSR count). The van der Waals surface area contributed by atoms with Gasteiger partial charge in [-0.3, -0.25) is 0 Å². The Morgan fingerprint density at radius 1 is 0.933 bits per heavy atom. The lowest BCUT2D eigenvalue weighted by molar-refractivity contribution is 0.208. The summed E-state index contributed by atoms with van der Waals surface area (Å²) in [6.45, 7) is 6.95. The van der Waals surface area contributed by atoms with Crippen LogP contribution < -0.4 is 10.2 Å². The number of urea groups is 1. The molecule has 1 aliphatic heterocycles. The SMILES string of the molecule is CCc1ccccc1NC(=O)N1CCN(c2ccc(-c3ccc(C)cc3)nn2)CC1. The number of amides is 2. The summed E-state index contributed by atoms with van der Waals surface area (Å²) in [4.78, 5) is 16.7. The molecule has 2 aromatic carbocycles. The second-order valence-electron chi connectivity index (χ2n) is 7.56. The van der Waals surface area contributed by atoms with E-state index in [4.69, 9.17) is 0 Å². The summed E-state index contributed by atoms with van der Waals surface area (Å²) in [5.74, 6) is 0.849. The first kappa shape index (κ1) is 19.9. The third-order valence-corrected chi connectivity index (χ3v) is 5.53. The predicted octanol–water partition coefficient (Wildman–Crippen LogP) is 4.37. The maximum Gasteiger partial charge on any atom is 0.321 e. The van der Waals surface area contributed by atoms with Crippen molar-refractivity contribution in [3.05, 3.63) is 71.8 Å². The van der Waals surface area contributed by atoms with Gasteiger partial charge in [-0.05, 0) is 37.1 Å². The van der Waals surface area contributed by atoms with Crippen LogP contribution in [0.2, 0.25) is 0 Å². The zero-order valence-corrected chi connectivity index (χ0v) is 17.5. The molecule has 1 saturated heterocycles. The molecule has 0 spiro atoms. The molecule has 154 valence electrons. The standard InChI is InChI=1S/C24H27N5O/c1-3-19-6-4-5-7-21(19)25-24(30)29-16-14-28(15-17-29)23-13-12-22(26-27-23)20-10-8-18(2)9-11-20/h4-13H,3,14-17H2,1-2H3,(H,25,30). The number of hydrogen-bond acceptors (Lipinski definition) is 4. The molecule has 2 amide bonds. The van der Waals surface area contributed by atoms with Gasteiger partial charge in [-0.15, -0.1) is 10.2 Å². The fourth-order valence-corrected chi connectivity index (χ4v) is 3.66. The van der Waals surface area contributed by atoms with Gasteiger partial charge in [0.05, 0.1) is 5.69 Å². The van der Waals surface area contributed by atoms with E-state index in [1.54, 1.807) is 0 Å². The second-order valence-corrected chi connectivity index (χ2v) is 7.56. The van der Waals surface area contributed by atoms with Crippen LogP contribution in [0.15, 0.2) is 60.7 Å². The minimum absolute atomic E-state index is 0.0450. The van der Waals surface area contributed by atoms with E-state index in [0.29, 0.717) is 13.1 Å². The Bertz CT molecular complexity index is 993. The topological polar surface area (TPSA) is 61.4 Å². The third-order valence-electron chi connectivity index (χ3n) is 5.53. The van der Waals surface area contributed by atoms with Gasteiger partial charge in [-0.25, -0.2) is 4.79 Å². The van der Waals surface area contributed by atoms with Crippen LogP contribution in [0.1, 0.15) is 18.1 Å². The lowest BCUT2D eigenvalue weighted by Crippen LogP contribution is -2.50. The average molecular weight is 402 g/mol. The van der Waals surface area contributed by atoms with Crippen LogP contribution in [0, 0.1) is 6.92 Å². The molecule has 1 N–H and O–H groups in total. The van der Waals surface area contributed by atoms with Crippen molar-refractivity contribution in [1.29, 1.82) is 0 Å². The van der Waals surface area contributed by atoms with E-state index in [1.807, 2.05) is 41.3 Å². The molecule has 0 saturated carbocycles. The van der Waals surface area contributed by atoms with Crippen molar-refractivity contribution in [2.24, 2.45) is 0 Å². The first-order valence-corrected chi connectivity index (χ1v) is 10.4. The van der Waals surface area contributed by atoms with Gasteiger partial charge in [0.2, 0.25) is 0 Å². The Balaban J connectivity index is 1.35. The molecule has 3 aromatic rings. The van der Waals surface area contributed by atoms with Gasteiger partial charge in [-0.1, -0.05) is 55.0 Å². The zero-order valence-electron chi connectivity index (χ0n) is 17.5. The van der Waals surface area contributed by atoms with E-state index in [0.717, 1.165) is 47.8 Å². The first-order chi connectivity index (χ1) is 14.6. The molecule has 6 nitrogen and oxygen atoms in total. The normalized spacial score (nSPS) is 13.9. The number of carbonyl (C=O) groups excluding carboxylic acids is 1.